The van der Waals surface area contributed by atoms with Gasteiger partial charge in [-0.2, -0.15) is 0 Å². The first-order valence-corrected chi connectivity index (χ1v) is 5.22. The van der Waals surface area contributed by atoms with E-state index in [1.807, 2.05) is 0 Å². The smallest absolute Gasteiger partial charge is 0.227 e. The third kappa shape index (κ3) is 2.33. The minimum atomic E-state index is -0.592. The van der Waals surface area contributed by atoms with Crippen molar-refractivity contribution in [1.29, 1.82) is 0 Å². The summed E-state index contributed by atoms with van der Waals surface area (Å²) in [5.41, 5.74) is -0.0791. The van der Waals surface area contributed by atoms with Gasteiger partial charge in [0.05, 0.1) is 0 Å². The molecule has 1 aromatic heterocycles. The van der Waals surface area contributed by atoms with Crippen molar-refractivity contribution in [1.82, 2.24) is 0 Å². The Bertz CT molecular complexity index is 586. The van der Waals surface area contributed by atoms with E-state index in [0.29, 0.717) is 10.6 Å². The molecule has 0 aliphatic carbocycles. The molecule has 4 nitrogen and oxygen atoms in total. The van der Waals surface area contributed by atoms with Gasteiger partial charge >= 0.3 is 0 Å². The SMILES string of the molecule is O=c1cc(CO)oc(-c2ccc(Cl)cc2)c1O. The number of hydrogen-bond donors (Lipinski definition) is 2. The number of rotatable bonds is 2. The van der Waals surface area contributed by atoms with Crippen molar-refractivity contribution in [3.8, 4) is 17.1 Å². The Labute approximate surface area is 102 Å². The minimum Gasteiger partial charge on any atom is -0.502 e. The van der Waals surface area contributed by atoms with E-state index in [0.717, 1.165) is 6.07 Å². The first-order chi connectivity index (χ1) is 8.11. The fraction of sp³-hybridized carbons (Fsp3) is 0.0833. The van der Waals surface area contributed by atoms with Crippen LogP contribution >= 0.6 is 11.6 Å². The Hall–Kier alpha value is -1.78. The standard InChI is InChI=1S/C12H9ClO4/c13-8-3-1-7(2-4-8)12-11(16)10(15)5-9(6-14)17-12/h1-5,14,16H,6H2. The van der Waals surface area contributed by atoms with Crippen LogP contribution in [0.2, 0.25) is 5.02 Å². The molecule has 0 fully saturated rings. The molecular weight excluding hydrogens is 244 g/mol. The van der Waals surface area contributed by atoms with E-state index in [4.69, 9.17) is 21.1 Å². The molecule has 0 unspecified atom stereocenters. The highest BCUT2D eigenvalue weighted by molar-refractivity contribution is 6.30. The molecule has 0 atom stereocenters. The van der Waals surface area contributed by atoms with E-state index >= 15 is 0 Å². The summed E-state index contributed by atoms with van der Waals surface area (Å²) in [7, 11) is 0. The van der Waals surface area contributed by atoms with Crippen LogP contribution in [0.1, 0.15) is 5.76 Å². The van der Waals surface area contributed by atoms with Crippen LogP contribution in [0.3, 0.4) is 0 Å². The van der Waals surface area contributed by atoms with Gasteiger partial charge in [0.1, 0.15) is 12.4 Å². The largest absolute Gasteiger partial charge is 0.502 e. The molecule has 0 spiro atoms. The van der Waals surface area contributed by atoms with Crippen LogP contribution in [0.4, 0.5) is 0 Å². The quantitative estimate of drug-likeness (QED) is 0.859. The second-order valence-electron chi connectivity index (χ2n) is 3.42. The lowest BCUT2D eigenvalue weighted by atomic mass is 10.1. The van der Waals surface area contributed by atoms with Crippen molar-refractivity contribution in [2.75, 3.05) is 0 Å². The summed E-state index contributed by atoms with van der Waals surface area (Å²) in [6.07, 6.45) is 0. The van der Waals surface area contributed by atoms with Crippen LogP contribution in [-0.2, 0) is 6.61 Å². The van der Waals surface area contributed by atoms with E-state index in [2.05, 4.69) is 0 Å². The number of aliphatic hydroxyl groups is 1. The number of hydrogen-bond acceptors (Lipinski definition) is 4. The molecule has 0 radical (unpaired) electrons. The predicted molar refractivity (Wildman–Crippen MR) is 63.0 cm³/mol. The average molecular weight is 253 g/mol. The highest BCUT2D eigenvalue weighted by Gasteiger charge is 2.12. The van der Waals surface area contributed by atoms with Gasteiger partial charge in [-0.15, -0.1) is 0 Å². The molecular formula is C12H9ClO4. The van der Waals surface area contributed by atoms with Gasteiger partial charge in [0.15, 0.2) is 5.76 Å². The molecule has 17 heavy (non-hydrogen) atoms. The molecule has 2 N–H and O–H groups in total. The Kier molecular flexibility index (Phi) is 3.17. The maximum absolute atomic E-state index is 11.4. The van der Waals surface area contributed by atoms with E-state index in [1.54, 1.807) is 24.3 Å². The van der Waals surface area contributed by atoms with Crippen LogP contribution in [0.25, 0.3) is 11.3 Å². The summed E-state index contributed by atoms with van der Waals surface area (Å²) in [6.45, 7) is -0.407. The zero-order valence-corrected chi connectivity index (χ0v) is 9.44. The van der Waals surface area contributed by atoms with Gasteiger partial charge in [0.25, 0.3) is 0 Å². The van der Waals surface area contributed by atoms with Crippen molar-refractivity contribution >= 4 is 11.6 Å². The Morgan fingerprint density at radius 3 is 2.47 bits per heavy atom. The molecule has 88 valence electrons. The highest BCUT2D eigenvalue weighted by Crippen LogP contribution is 2.28. The maximum Gasteiger partial charge on any atom is 0.227 e. The van der Waals surface area contributed by atoms with Gasteiger partial charge in [-0.25, -0.2) is 0 Å². The summed E-state index contributed by atoms with van der Waals surface area (Å²) in [5, 5.41) is 19.1. The summed E-state index contributed by atoms with van der Waals surface area (Å²) in [6, 6.07) is 7.50. The van der Waals surface area contributed by atoms with Crippen molar-refractivity contribution in [2.45, 2.75) is 6.61 Å². The van der Waals surface area contributed by atoms with Gasteiger partial charge in [-0.1, -0.05) is 11.6 Å². The Morgan fingerprint density at radius 1 is 1.24 bits per heavy atom. The molecule has 2 rings (SSSR count). The van der Waals surface area contributed by atoms with Gasteiger partial charge in [0.2, 0.25) is 11.2 Å². The zero-order chi connectivity index (χ0) is 12.4. The molecule has 0 aliphatic heterocycles. The van der Waals surface area contributed by atoms with E-state index in [9.17, 15) is 9.90 Å². The molecule has 0 aliphatic rings. The van der Waals surface area contributed by atoms with Crippen LogP contribution in [0.15, 0.2) is 39.5 Å². The number of benzene rings is 1. The predicted octanol–water partition coefficient (Wildman–Crippen LogP) is 2.16. The third-order valence-corrected chi connectivity index (χ3v) is 2.49. The van der Waals surface area contributed by atoms with Crippen molar-refractivity contribution in [3.63, 3.8) is 0 Å². The van der Waals surface area contributed by atoms with Crippen LogP contribution in [0, 0.1) is 0 Å². The summed E-state index contributed by atoms with van der Waals surface area (Å²) in [5.74, 6) is -0.361. The van der Waals surface area contributed by atoms with Crippen molar-refractivity contribution in [3.05, 3.63) is 51.3 Å². The number of halogens is 1. The molecule has 5 heteroatoms. The summed E-state index contributed by atoms with van der Waals surface area (Å²) in [4.78, 5) is 11.4. The van der Waals surface area contributed by atoms with Gasteiger partial charge in [-0.05, 0) is 24.3 Å². The monoisotopic (exact) mass is 252 g/mol. The van der Waals surface area contributed by atoms with Crippen molar-refractivity contribution < 1.29 is 14.6 Å². The van der Waals surface area contributed by atoms with Crippen molar-refractivity contribution in [2.24, 2.45) is 0 Å². The number of aliphatic hydroxyl groups excluding tert-OH is 1. The lowest BCUT2D eigenvalue weighted by Gasteiger charge is -2.05. The lowest BCUT2D eigenvalue weighted by molar-refractivity contribution is 0.243. The first-order valence-electron chi connectivity index (χ1n) is 4.84. The molecule has 0 bridgehead atoms. The second kappa shape index (κ2) is 4.61. The van der Waals surface area contributed by atoms with Gasteiger partial charge in [-0.3, -0.25) is 4.79 Å². The average Bonchev–Trinajstić information content (AvgIpc) is 2.34. The van der Waals surface area contributed by atoms with Gasteiger partial charge < -0.3 is 14.6 Å². The minimum absolute atomic E-state index is 0.0261. The first kappa shape index (κ1) is 11.7. The zero-order valence-electron chi connectivity index (χ0n) is 8.68. The fourth-order valence-corrected chi connectivity index (χ4v) is 1.54. The molecule has 0 saturated carbocycles. The topological polar surface area (TPSA) is 70.7 Å². The maximum atomic E-state index is 11.4. The highest BCUT2D eigenvalue weighted by atomic mass is 35.5. The Morgan fingerprint density at radius 2 is 1.88 bits per heavy atom. The van der Waals surface area contributed by atoms with Crippen LogP contribution in [0.5, 0.6) is 5.75 Å². The lowest BCUT2D eigenvalue weighted by Crippen LogP contribution is -2.02. The third-order valence-electron chi connectivity index (χ3n) is 2.24. The number of aromatic hydroxyl groups is 1. The normalized spacial score (nSPS) is 10.5. The molecule has 1 heterocycles. The molecule has 0 saturated heterocycles. The molecule has 0 amide bonds. The fourth-order valence-electron chi connectivity index (χ4n) is 1.41. The summed E-state index contributed by atoms with van der Waals surface area (Å²) < 4.78 is 5.22. The van der Waals surface area contributed by atoms with Gasteiger partial charge in [0, 0.05) is 16.7 Å². The second-order valence-corrected chi connectivity index (χ2v) is 3.86. The Balaban J connectivity index is 2.62. The van der Waals surface area contributed by atoms with Crippen LogP contribution < -0.4 is 5.43 Å². The molecule has 1 aromatic carbocycles. The van der Waals surface area contributed by atoms with E-state index in [-0.39, 0.29) is 11.5 Å². The van der Waals surface area contributed by atoms with E-state index < -0.39 is 17.8 Å². The van der Waals surface area contributed by atoms with Crippen LogP contribution in [-0.4, -0.2) is 10.2 Å². The molecule has 2 aromatic rings. The summed E-state index contributed by atoms with van der Waals surface area (Å²) >= 11 is 5.73. The van der Waals surface area contributed by atoms with E-state index in [1.165, 1.54) is 0 Å².